The third-order valence-corrected chi connectivity index (χ3v) is 4.39. The highest BCUT2D eigenvalue weighted by Crippen LogP contribution is 2.35. The fourth-order valence-electron chi connectivity index (χ4n) is 2.63. The van der Waals surface area contributed by atoms with Crippen molar-refractivity contribution < 1.29 is 19.1 Å². The summed E-state index contributed by atoms with van der Waals surface area (Å²) in [4.78, 5) is 28.5. The van der Waals surface area contributed by atoms with Crippen LogP contribution in [0.1, 0.15) is 26.3 Å². The van der Waals surface area contributed by atoms with Crippen LogP contribution in [0.4, 0.5) is 0 Å². The molecule has 4 rings (SSSR count). The zero-order valence-corrected chi connectivity index (χ0v) is 15.5. The molecule has 0 unspecified atom stereocenters. The van der Waals surface area contributed by atoms with E-state index in [2.05, 4.69) is 20.9 Å². The molecule has 0 spiro atoms. The summed E-state index contributed by atoms with van der Waals surface area (Å²) in [5.41, 5.74) is 1.60. The number of esters is 1. The zero-order chi connectivity index (χ0) is 18.8. The van der Waals surface area contributed by atoms with E-state index >= 15 is 0 Å². The van der Waals surface area contributed by atoms with E-state index in [0.29, 0.717) is 22.6 Å². The van der Waals surface area contributed by atoms with Crippen LogP contribution in [0.5, 0.6) is 11.5 Å². The molecule has 0 amide bonds. The summed E-state index contributed by atoms with van der Waals surface area (Å²) >= 11 is 3.40. The molecule has 3 aromatic rings. The molecule has 0 bridgehead atoms. The van der Waals surface area contributed by atoms with Crippen molar-refractivity contribution in [1.29, 1.82) is 0 Å². The molecule has 0 aliphatic carbocycles. The minimum atomic E-state index is -0.530. The Hall–Kier alpha value is -3.25. The fourth-order valence-corrected chi connectivity index (χ4v) is 3.04. The van der Waals surface area contributed by atoms with Crippen LogP contribution in [0.15, 0.2) is 77.2 Å². The smallest absolute Gasteiger partial charge is 0.345 e. The molecule has 1 aromatic heterocycles. The highest BCUT2D eigenvalue weighted by atomic mass is 79.9. The maximum Gasteiger partial charge on any atom is 0.345 e. The Bertz CT molecular complexity index is 1080. The molecular weight excluding hydrogens is 410 g/mol. The van der Waals surface area contributed by atoms with Gasteiger partial charge in [0.1, 0.15) is 11.5 Å². The number of ketones is 1. The van der Waals surface area contributed by atoms with Gasteiger partial charge < -0.3 is 9.47 Å². The normalized spacial score (nSPS) is 14.0. The van der Waals surface area contributed by atoms with Gasteiger partial charge >= 0.3 is 5.97 Å². The number of hydrogen-bond acceptors (Lipinski definition) is 5. The van der Waals surface area contributed by atoms with Gasteiger partial charge in [0.25, 0.3) is 0 Å². The number of hydrogen-bond donors (Lipinski definition) is 0. The Morgan fingerprint density at radius 3 is 2.78 bits per heavy atom. The maximum atomic E-state index is 12.5. The zero-order valence-electron chi connectivity index (χ0n) is 13.9. The highest BCUT2D eigenvalue weighted by molar-refractivity contribution is 9.10. The lowest BCUT2D eigenvalue weighted by molar-refractivity contribution is 0.0734. The van der Waals surface area contributed by atoms with E-state index < -0.39 is 5.97 Å². The van der Waals surface area contributed by atoms with Gasteiger partial charge in [-0.25, -0.2) is 4.79 Å². The van der Waals surface area contributed by atoms with Crippen molar-refractivity contribution in [2.24, 2.45) is 0 Å². The molecule has 0 atom stereocenters. The second-order valence-electron chi connectivity index (χ2n) is 5.78. The second kappa shape index (κ2) is 7.17. The molecule has 5 nitrogen and oxygen atoms in total. The van der Waals surface area contributed by atoms with E-state index in [-0.39, 0.29) is 11.5 Å². The monoisotopic (exact) mass is 421 g/mol. The number of nitrogens with zero attached hydrogens (tertiary/aromatic N) is 1. The average Bonchev–Trinajstić information content (AvgIpc) is 2.97. The van der Waals surface area contributed by atoms with Crippen LogP contribution in [-0.2, 0) is 0 Å². The first kappa shape index (κ1) is 17.2. The van der Waals surface area contributed by atoms with Gasteiger partial charge in [0.2, 0.25) is 5.78 Å². The van der Waals surface area contributed by atoms with Gasteiger partial charge in [-0.15, -0.1) is 0 Å². The van der Waals surface area contributed by atoms with E-state index in [0.717, 1.165) is 10.0 Å². The van der Waals surface area contributed by atoms with Crippen molar-refractivity contribution in [3.05, 3.63) is 93.9 Å². The molecule has 2 aromatic carbocycles. The van der Waals surface area contributed by atoms with Crippen LogP contribution in [0.2, 0.25) is 0 Å². The molecule has 6 heteroatoms. The minimum Gasteiger partial charge on any atom is -0.452 e. The summed E-state index contributed by atoms with van der Waals surface area (Å²) in [6, 6.07) is 15.5. The van der Waals surface area contributed by atoms with Crippen LogP contribution in [-0.4, -0.2) is 16.7 Å². The van der Waals surface area contributed by atoms with E-state index in [9.17, 15) is 9.59 Å². The summed E-state index contributed by atoms with van der Waals surface area (Å²) in [6.45, 7) is 0. The van der Waals surface area contributed by atoms with Crippen LogP contribution >= 0.6 is 15.9 Å². The SMILES string of the molecule is O=C(Oc1ccc2c(c1)O/C(=C\c1cccc(Br)c1)C2=O)c1cccnc1. The number of allylic oxidation sites excluding steroid dienone is 1. The molecule has 1 aliphatic rings. The summed E-state index contributed by atoms with van der Waals surface area (Å²) in [6.07, 6.45) is 4.67. The first-order valence-corrected chi connectivity index (χ1v) is 8.85. The predicted octanol–water partition coefficient (Wildman–Crippen LogP) is 4.68. The van der Waals surface area contributed by atoms with Crippen molar-refractivity contribution in [1.82, 2.24) is 4.98 Å². The predicted molar refractivity (Wildman–Crippen MR) is 103 cm³/mol. The molecule has 0 fully saturated rings. The van der Waals surface area contributed by atoms with E-state index in [1.54, 1.807) is 36.5 Å². The van der Waals surface area contributed by atoms with Crippen LogP contribution in [0.25, 0.3) is 6.08 Å². The summed E-state index contributed by atoms with van der Waals surface area (Å²) in [5.74, 6) is 0.128. The number of pyridine rings is 1. The maximum absolute atomic E-state index is 12.5. The molecule has 132 valence electrons. The van der Waals surface area contributed by atoms with Crippen LogP contribution in [0, 0.1) is 0 Å². The van der Waals surface area contributed by atoms with Crippen molar-refractivity contribution in [3.63, 3.8) is 0 Å². The van der Waals surface area contributed by atoms with E-state index in [4.69, 9.17) is 9.47 Å². The third-order valence-electron chi connectivity index (χ3n) is 3.90. The third kappa shape index (κ3) is 3.66. The Labute approximate surface area is 163 Å². The van der Waals surface area contributed by atoms with Gasteiger partial charge in [0, 0.05) is 22.9 Å². The minimum absolute atomic E-state index is 0.213. The lowest BCUT2D eigenvalue weighted by Crippen LogP contribution is -2.08. The van der Waals surface area contributed by atoms with Gasteiger partial charge in [0.05, 0.1) is 11.1 Å². The molecule has 0 saturated heterocycles. The van der Waals surface area contributed by atoms with Crippen LogP contribution in [0.3, 0.4) is 0 Å². The molecule has 0 N–H and O–H groups in total. The van der Waals surface area contributed by atoms with Crippen molar-refractivity contribution in [3.8, 4) is 11.5 Å². The lowest BCUT2D eigenvalue weighted by Gasteiger charge is -2.05. The first-order valence-electron chi connectivity index (χ1n) is 8.06. The topological polar surface area (TPSA) is 65.5 Å². The fraction of sp³-hybridized carbons (Fsp3) is 0. The van der Waals surface area contributed by atoms with E-state index in [1.165, 1.54) is 12.3 Å². The van der Waals surface area contributed by atoms with Gasteiger partial charge in [0.15, 0.2) is 5.76 Å². The number of ether oxygens (including phenoxy) is 2. The number of Topliss-reactive ketones (excluding diaryl/α,β-unsaturated/α-hetero) is 1. The number of benzene rings is 2. The average molecular weight is 422 g/mol. The van der Waals surface area contributed by atoms with Crippen LogP contribution < -0.4 is 9.47 Å². The summed E-state index contributed by atoms with van der Waals surface area (Å²) < 4.78 is 11.9. The number of carbonyl (C=O) groups excluding carboxylic acids is 2. The lowest BCUT2D eigenvalue weighted by atomic mass is 10.1. The van der Waals surface area contributed by atoms with Gasteiger partial charge in [-0.05, 0) is 48.0 Å². The number of aromatic nitrogens is 1. The summed E-state index contributed by atoms with van der Waals surface area (Å²) in [7, 11) is 0. The largest absolute Gasteiger partial charge is 0.452 e. The molecular formula is C21H12BrNO4. The van der Waals surface area contributed by atoms with Crippen molar-refractivity contribution >= 4 is 33.8 Å². The molecule has 27 heavy (non-hydrogen) atoms. The van der Waals surface area contributed by atoms with Gasteiger partial charge in [-0.1, -0.05) is 28.1 Å². The molecule has 1 aliphatic heterocycles. The number of halogens is 1. The van der Waals surface area contributed by atoms with E-state index in [1.807, 2.05) is 24.3 Å². The number of carbonyl (C=O) groups is 2. The summed E-state index contributed by atoms with van der Waals surface area (Å²) in [5, 5.41) is 0. The quantitative estimate of drug-likeness (QED) is 0.349. The van der Waals surface area contributed by atoms with Gasteiger partial charge in [-0.2, -0.15) is 0 Å². The Morgan fingerprint density at radius 1 is 1.11 bits per heavy atom. The number of fused-ring (bicyclic) bond motifs is 1. The Balaban J connectivity index is 1.57. The number of rotatable bonds is 3. The first-order chi connectivity index (χ1) is 13.1. The molecule has 2 heterocycles. The van der Waals surface area contributed by atoms with Gasteiger partial charge in [-0.3, -0.25) is 9.78 Å². The molecule has 0 saturated carbocycles. The second-order valence-corrected chi connectivity index (χ2v) is 6.70. The Morgan fingerprint density at radius 2 is 2.00 bits per heavy atom. The van der Waals surface area contributed by atoms with Crippen molar-refractivity contribution in [2.75, 3.05) is 0 Å². The standard InChI is InChI=1S/C21H12BrNO4/c22-15-5-1-3-13(9-15)10-19-20(24)17-7-6-16(11-18(17)27-19)26-21(25)14-4-2-8-23-12-14/h1-12H/b19-10-. The van der Waals surface area contributed by atoms with Crippen molar-refractivity contribution in [2.45, 2.75) is 0 Å². The molecule has 0 radical (unpaired) electrons. The Kier molecular flexibility index (Phi) is 4.56. The highest BCUT2D eigenvalue weighted by Gasteiger charge is 2.28.